The number of hydrogen-bond acceptors (Lipinski definition) is 4. The molecule has 1 saturated heterocycles. The van der Waals surface area contributed by atoms with Gasteiger partial charge in [0.25, 0.3) is 0 Å². The molecule has 0 aliphatic carbocycles. The first kappa shape index (κ1) is 13.9. The first-order chi connectivity index (χ1) is 8.02. The summed E-state index contributed by atoms with van der Waals surface area (Å²) in [6.07, 6.45) is -0.0910. The lowest BCUT2D eigenvalue weighted by Crippen LogP contribution is -2.47. The number of morpholine rings is 1. The Morgan fingerprint density at radius 1 is 1.47 bits per heavy atom. The average Bonchev–Trinajstić information content (AvgIpc) is 2.27. The van der Waals surface area contributed by atoms with Crippen LogP contribution >= 0.6 is 0 Å². The lowest BCUT2D eigenvalue weighted by Gasteiger charge is -2.32. The van der Waals surface area contributed by atoms with Gasteiger partial charge in [-0.1, -0.05) is 6.92 Å². The number of carbonyl (C=O) groups is 2. The largest absolute Gasteiger partial charge is 0.481 e. The number of aliphatic carboxylic acids is 1. The molecule has 1 fully saturated rings. The number of carbonyl (C=O) groups excluding carboxylic acids is 1. The third kappa shape index (κ3) is 4.70. The molecule has 6 nitrogen and oxygen atoms in total. The number of hydrogen-bond donors (Lipinski definition) is 2. The molecule has 1 aliphatic heterocycles. The van der Waals surface area contributed by atoms with E-state index in [9.17, 15) is 9.59 Å². The summed E-state index contributed by atoms with van der Waals surface area (Å²) in [5.74, 6) is -1.13. The van der Waals surface area contributed by atoms with Gasteiger partial charge in [-0.2, -0.15) is 0 Å². The Balaban J connectivity index is 2.38. The normalized spacial score (nSPS) is 22.2. The molecular formula is C11H19NO5. The molecule has 17 heavy (non-hydrogen) atoms. The zero-order chi connectivity index (χ0) is 12.8. The standard InChI is InChI=1S/C11H19NO5/c1-8(5-11(15)16)4-10(14)12-2-3-17-9(6-12)7-13/h8-9,13H,2-7H2,1H3,(H,15,16). The third-order valence-corrected chi connectivity index (χ3v) is 2.74. The van der Waals surface area contributed by atoms with E-state index in [1.165, 1.54) is 0 Å². The summed E-state index contributed by atoms with van der Waals surface area (Å²) in [4.78, 5) is 24.0. The third-order valence-electron chi connectivity index (χ3n) is 2.74. The van der Waals surface area contributed by atoms with E-state index >= 15 is 0 Å². The van der Waals surface area contributed by atoms with Gasteiger partial charge in [-0.05, 0) is 5.92 Å². The Hall–Kier alpha value is -1.14. The minimum absolute atomic E-state index is 0.000488. The van der Waals surface area contributed by atoms with Crippen molar-refractivity contribution in [1.82, 2.24) is 4.90 Å². The summed E-state index contributed by atoms with van der Waals surface area (Å²) in [5, 5.41) is 17.6. The van der Waals surface area contributed by atoms with Crippen molar-refractivity contribution in [3.8, 4) is 0 Å². The van der Waals surface area contributed by atoms with Gasteiger partial charge in [-0.15, -0.1) is 0 Å². The zero-order valence-corrected chi connectivity index (χ0v) is 9.96. The Bertz CT molecular complexity index is 281. The highest BCUT2D eigenvalue weighted by atomic mass is 16.5. The molecule has 0 radical (unpaired) electrons. The number of amides is 1. The minimum atomic E-state index is -0.888. The highest BCUT2D eigenvalue weighted by Crippen LogP contribution is 2.12. The van der Waals surface area contributed by atoms with Gasteiger partial charge < -0.3 is 19.8 Å². The summed E-state index contributed by atoms with van der Waals surface area (Å²) in [5.41, 5.74) is 0. The minimum Gasteiger partial charge on any atom is -0.481 e. The van der Waals surface area contributed by atoms with E-state index in [4.69, 9.17) is 14.9 Å². The fourth-order valence-electron chi connectivity index (χ4n) is 1.85. The van der Waals surface area contributed by atoms with Crippen LogP contribution in [0.2, 0.25) is 0 Å². The average molecular weight is 245 g/mol. The topological polar surface area (TPSA) is 87.1 Å². The summed E-state index contributed by atoms with van der Waals surface area (Å²) >= 11 is 0. The fraction of sp³-hybridized carbons (Fsp3) is 0.818. The van der Waals surface area contributed by atoms with Crippen LogP contribution in [0.4, 0.5) is 0 Å². The molecule has 1 heterocycles. The number of rotatable bonds is 5. The van der Waals surface area contributed by atoms with E-state index < -0.39 is 5.97 Å². The van der Waals surface area contributed by atoms with Crippen LogP contribution in [0.15, 0.2) is 0 Å². The van der Waals surface area contributed by atoms with Crippen molar-refractivity contribution in [3.63, 3.8) is 0 Å². The molecule has 0 bridgehead atoms. The molecule has 98 valence electrons. The van der Waals surface area contributed by atoms with Gasteiger partial charge in [-0.3, -0.25) is 9.59 Å². The van der Waals surface area contributed by atoms with Gasteiger partial charge in [0.1, 0.15) is 0 Å². The van der Waals surface area contributed by atoms with Crippen molar-refractivity contribution in [2.45, 2.75) is 25.9 Å². The van der Waals surface area contributed by atoms with Crippen molar-refractivity contribution in [2.24, 2.45) is 5.92 Å². The summed E-state index contributed by atoms with van der Waals surface area (Å²) < 4.78 is 5.24. The van der Waals surface area contributed by atoms with E-state index in [1.54, 1.807) is 11.8 Å². The Kier molecular flexibility index (Phi) is 5.37. The second-order valence-electron chi connectivity index (χ2n) is 4.42. The smallest absolute Gasteiger partial charge is 0.303 e. The second kappa shape index (κ2) is 6.56. The monoisotopic (exact) mass is 245 g/mol. The maximum atomic E-state index is 11.8. The van der Waals surface area contributed by atoms with Gasteiger partial charge in [0.15, 0.2) is 0 Å². The van der Waals surface area contributed by atoms with Crippen LogP contribution in [0.1, 0.15) is 19.8 Å². The number of ether oxygens (including phenoxy) is 1. The Morgan fingerprint density at radius 2 is 2.18 bits per heavy atom. The maximum Gasteiger partial charge on any atom is 0.303 e. The second-order valence-corrected chi connectivity index (χ2v) is 4.42. The Morgan fingerprint density at radius 3 is 2.76 bits per heavy atom. The van der Waals surface area contributed by atoms with Crippen LogP contribution in [0.5, 0.6) is 0 Å². The van der Waals surface area contributed by atoms with Crippen LogP contribution in [0, 0.1) is 5.92 Å². The first-order valence-corrected chi connectivity index (χ1v) is 5.75. The van der Waals surface area contributed by atoms with Crippen molar-refractivity contribution in [1.29, 1.82) is 0 Å². The van der Waals surface area contributed by atoms with Crippen LogP contribution in [-0.4, -0.2) is 59.4 Å². The quantitative estimate of drug-likeness (QED) is 0.695. The van der Waals surface area contributed by atoms with Crippen LogP contribution < -0.4 is 0 Å². The fourth-order valence-corrected chi connectivity index (χ4v) is 1.85. The van der Waals surface area contributed by atoms with Gasteiger partial charge in [0, 0.05) is 25.9 Å². The molecule has 0 spiro atoms. The van der Waals surface area contributed by atoms with Gasteiger partial charge in [0.2, 0.25) is 5.91 Å². The molecule has 0 aromatic heterocycles. The van der Waals surface area contributed by atoms with Gasteiger partial charge in [0.05, 0.1) is 19.3 Å². The van der Waals surface area contributed by atoms with Crippen LogP contribution in [-0.2, 0) is 14.3 Å². The van der Waals surface area contributed by atoms with E-state index in [-0.39, 0.29) is 37.4 Å². The van der Waals surface area contributed by atoms with Gasteiger partial charge in [-0.25, -0.2) is 0 Å². The predicted octanol–water partition coefficient (Wildman–Crippen LogP) is -0.293. The molecule has 0 saturated carbocycles. The van der Waals surface area contributed by atoms with E-state index in [0.29, 0.717) is 19.7 Å². The number of carboxylic acids is 1. The van der Waals surface area contributed by atoms with E-state index in [1.807, 2.05) is 0 Å². The molecule has 2 unspecified atom stereocenters. The zero-order valence-electron chi connectivity index (χ0n) is 9.96. The summed E-state index contributed by atoms with van der Waals surface area (Å²) in [6.45, 7) is 2.96. The first-order valence-electron chi connectivity index (χ1n) is 5.75. The van der Waals surface area contributed by atoms with Crippen LogP contribution in [0.25, 0.3) is 0 Å². The molecule has 0 aromatic rings. The SMILES string of the molecule is CC(CC(=O)O)CC(=O)N1CCOC(CO)C1. The number of aliphatic hydroxyl groups is 1. The number of nitrogens with zero attached hydrogens (tertiary/aromatic N) is 1. The molecule has 2 N–H and O–H groups in total. The Labute approximate surface area is 100 Å². The molecule has 1 rings (SSSR count). The highest BCUT2D eigenvalue weighted by molar-refractivity contribution is 5.77. The molecule has 1 amide bonds. The van der Waals surface area contributed by atoms with Crippen molar-refractivity contribution < 1.29 is 24.5 Å². The molecule has 6 heteroatoms. The predicted molar refractivity (Wildman–Crippen MR) is 59.4 cm³/mol. The van der Waals surface area contributed by atoms with E-state index in [0.717, 1.165) is 0 Å². The molecule has 2 atom stereocenters. The molecular weight excluding hydrogens is 226 g/mol. The number of aliphatic hydroxyl groups excluding tert-OH is 1. The summed E-state index contributed by atoms with van der Waals surface area (Å²) in [6, 6.07) is 0. The molecule has 1 aliphatic rings. The van der Waals surface area contributed by atoms with Gasteiger partial charge >= 0.3 is 5.97 Å². The van der Waals surface area contributed by atoms with Crippen molar-refractivity contribution in [3.05, 3.63) is 0 Å². The number of carboxylic acid groups (broad SMARTS) is 1. The van der Waals surface area contributed by atoms with Crippen LogP contribution in [0.3, 0.4) is 0 Å². The lowest BCUT2D eigenvalue weighted by atomic mass is 10.0. The lowest BCUT2D eigenvalue weighted by molar-refractivity contribution is -0.142. The van der Waals surface area contributed by atoms with Crippen molar-refractivity contribution >= 4 is 11.9 Å². The van der Waals surface area contributed by atoms with Crippen molar-refractivity contribution in [2.75, 3.05) is 26.3 Å². The molecule has 0 aromatic carbocycles. The van der Waals surface area contributed by atoms with E-state index in [2.05, 4.69) is 0 Å². The summed E-state index contributed by atoms with van der Waals surface area (Å²) in [7, 11) is 0. The highest BCUT2D eigenvalue weighted by Gasteiger charge is 2.24. The maximum absolute atomic E-state index is 11.8.